The fourth-order valence-corrected chi connectivity index (χ4v) is 10.5. The predicted molar refractivity (Wildman–Crippen MR) is 165 cm³/mol. The molecule has 6 heteroatoms. The topological polar surface area (TPSA) is 99.4 Å². The lowest BCUT2D eigenvalue weighted by Gasteiger charge is -2.58. The normalized spacial score (nSPS) is 47.4. The zero-order chi connectivity index (χ0) is 30.6. The molecular weight excluding hydrogens is 528 g/mol. The number of rotatable bonds is 7. The van der Waals surface area contributed by atoms with Gasteiger partial charge in [-0.15, -0.1) is 0 Å². The molecule has 5 aliphatic rings. The molecule has 4 N–H and O–H groups in total. The molecule has 240 valence electrons. The Kier molecular flexibility index (Phi) is 9.48. The number of allylic oxidation sites excluding steroid dienone is 3. The molecule has 1 saturated heterocycles. The number of aliphatic hydroxyl groups is 4. The van der Waals surface area contributed by atoms with Gasteiger partial charge in [0, 0.05) is 0 Å². The zero-order valence-corrected chi connectivity index (χ0v) is 27.3. The van der Waals surface area contributed by atoms with Gasteiger partial charge in [0.15, 0.2) is 6.29 Å². The van der Waals surface area contributed by atoms with Crippen LogP contribution >= 0.6 is 0 Å². The summed E-state index contributed by atoms with van der Waals surface area (Å²) in [4.78, 5) is 0. The van der Waals surface area contributed by atoms with Crippen molar-refractivity contribution >= 4 is 0 Å². The second-order valence-corrected chi connectivity index (χ2v) is 16.3. The van der Waals surface area contributed by atoms with Crippen LogP contribution in [0.4, 0.5) is 0 Å². The summed E-state index contributed by atoms with van der Waals surface area (Å²) in [5.74, 6) is 4.26. The fraction of sp³-hybridized carbons (Fsp3) is 0.889. The van der Waals surface area contributed by atoms with E-state index in [0.717, 1.165) is 43.4 Å². The van der Waals surface area contributed by atoms with E-state index in [1.807, 2.05) is 0 Å². The van der Waals surface area contributed by atoms with E-state index in [4.69, 9.17) is 9.47 Å². The van der Waals surface area contributed by atoms with Gasteiger partial charge >= 0.3 is 0 Å². The van der Waals surface area contributed by atoms with Crippen molar-refractivity contribution in [3.05, 3.63) is 23.8 Å². The summed E-state index contributed by atoms with van der Waals surface area (Å²) < 4.78 is 11.9. The molecule has 1 heterocycles. The largest absolute Gasteiger partial charge is 0.394 e. The summed E-state index contributed by atoms with van der Waals surface area (Å²) in [6.45, 7) is 16.6. The maximum Gasteiger partial charge on any atom is 0.186 e. The third kappa shape index (κ3) is 5.71. The van der Waals surface area contributed by atoms with Crippen LogP contribution in [0.3, 0.4) is 0 Å². The first-order valence-corrected chi connectivity index (χ1v) is 17.1. The van der Waals surface area contributed by atoms with E-state index in [-0.39, 0.29) is 11.5 Å². The fourth-order valence-electron chi connectivity index (χ4n) is 10.5. The molecule has 1 aliphatic heterocycles. The average Bonchev–Trinajstić information content (AvgIpc) is 3.30. The highest BCUT2D eigenvalue weighted by Gasteiger charge is 2.59. The highest BCUT2D eigenvalue weighted by Crippen LogP contribution is 2.67. The van der Waals surface area contributed by atoms with Gasteiger partial charge in [0.2, 0.25) is 0 Å². The number of aliphatic hydroxyl groups excluding tert-OH is 4. The van der Waals surface area contributed by atoms with Gasteiger partial charge in [0.1, 0.15) is 24.4 Å². The quantitative estimate of drug-likeness (QED) is 0.272. The minimum atomic E-state index is -1.40. The molecule has 6 nitrogen and oxygen atoms in total. The molecule has 0 spiro atoms. The number of ether oxygens (including phenoxy) is 2. The molecule has 3 saturated carbocycles. The van der Waals surface area contributed by atoms with E-state index in [0.29, 0.717) is 28.6 Å². The lowest BCUT2D eigenvalue weighted by atomic mass is 9.47. The summed E-state index contributed by atoms with van der Waals surface area (Å²) in [7, 11) is 0. The van der Waals surface area contributed by atoms with Gasteiger partial charge in [-0.05, 0) is 110 Å². The van der Waals surface area contributed by atoms with Crippen LogP contribution in [-0.4, -0.2) is 63.8 Å². The van der Waals surface area contributed by atoms with E-state index in [1.165, 1.54) is 37.7 Å². The average molecular weight is 589 g/mol. The van der Waals surface area contributed by atoms with E-state index in [1.54, 1.807) is 0 Å². The minimum Gasteiger partial charge on any atom is -0.394 e. The van der Waals surface area contributed by atoms with Crippen molar-refractivity contribution in [2.24, 2.45) is 51.8 Å². The highest BCUT2D eigenvalue weighted by atomic mass is 16.7. The van der Waals surface area contributed by atoms with E-state index >= 15 is 0 Å². The molecule has 0 aromatic heterocycles. The molecule has 0 aromatic carbocycles. The third-order valence-electron chi connectivity index (χ3n) is 13.1. The van der Waals surface area contributed by atoms with Crippen molar-refractivity contribution < 1.29 is 29.9 Å². The second kappa shape index (κ2) is 12.2. The van der Waals surface area contributed by atoms with Crippen LogP contribution < -0.4 is 0 Å². The van der Waals surface area contributed by atoms with Crippen LogP contribution in [0, 0.1) is 51.8 Å². The molecule has 42 heavy (non-hydrogen) atoms. The summed E-state index contributed by atoms with van der Waals surface area (Å²) in [5, 5.41) is 40.4. The molecule has 0 amide bonds. The Labute approximate surface area is 255 Å². The number of fused-ring (bicyclic) bond motifs is 5. The van der Waals surface area contributed by atoms with Gasteiger partial charge in [0.05, 0.1) is 12.7 Å². The molecule has 4 fully saturated rings. The Morgan fingerprint density at radius 2 is 1.74 bits per heavy atom. The lowest BCUT2D eigenvalue weighted by molar-refractivity contribution is -0.313. The van der Waals surface area contributed by atoms with Crippen LogP contribution in [0.2, 0.25) is 0 Å². The second-order valence-electron chi connectivity index (χ2n) is 16.3. The summed E-state index contributed by atoms with van der Waals surface area (Å²) in [6, 6.07) is 0. The minimum absolute atomic E-state index is 0.111. The molecule has 14 atom stereocenters. The molecule has 4 aliphatic carbocycles. The highest BCUT2D eigenvalue weighted by molar-refractivity contribution is 5.25. The Morgan fingerprint density at radius 3 is 2.40 bits per heavy atom. The first-order valence-electron chi connectivity index (χ1n) is 17.1. The SMILES string of the molecule is CC[C@H](/C=C/[C@@H](C)[C@H]1CC[C@H]2[C@@H]3CC=C4C[C@@H](O[C@@H]5O[C@H](CO)[C@@H](O)[C@H](O)[C@H]5O)CC[C@]4(C)[C@H]3CC[C@]12C)C(C)(C)C. The van der Waals surface area contributed by atoms with Crippen molar-refractivity contribution in [2.45, 2.75) is 143 Å². The van der Waals surface area contributed by atoms with Crippen LogP contribution in [0.1, 0.15) is 106 Å². The van der Waals surface area contributed by atoms with Gasteiger partial charge in [-0.25, -0.2) is 0 Å². The van der Waals surface area contributed by atoms with Gasteiger partial charge in [0.25, 0.3) is 0 Å². The van der Waals surface area contributed by atoms with Crippen molar-refractivity contribution in [1.82, 2.24) is 0 Å². The Morgan fingerprint density at radius 1 is 1.00 bits per heavy atom. The van der Waals surface area contributed by atoms with Crippen LogP contribution in [0.5, 0.6) is 0 Å². The number of hydrogen-bond acceptors (Lipinski definition) is 6. The standard InChI is InChI=1S/C36H60O6/c1-8-22(34(3,4)5)10-9-21(2)26-13-14-27-25-12-11-23-19-24(15-17-35(23,6)28(25)16-18-36(26,27)7)41-33-32(40)31(39)30(38)29(20-37)42-33/h9-11,21-22,24-33,37-40H,8,12-20H2,1-7H3/b10-9+/t21-,22-,24+,25+,26-,27+,28+,29-,30-,31+,32-,33-,35+,36-/m1/s1. The smallest absolute Gasteiger partial charge is 0.186 e. The third-order valence-corrected chi connectivity index (χ3v) is 13.1. The summed E-state index contributed by atoms with van der Waals surface area (Å²) in [5.41, 5.74) is 2.40. The summed E-state index contributed by atoms with van der Waals surface area (Å²) >= 11 is 0. The molecule has 0 aromatic rings. The van der Waals surface area contributed by atoms with Gasteiger partial charge in [-0.2, -0.15) is 0 Å². The Bertz CT molecular complexity index is 999. The molecule has 0 radical (unpaired) electrons. The van der Waals surface area contributed by atoms with Crippen LogP contribution in [-0.2, 0) is 9.47 Å². The predicted octanol–water partition coefficient (Wildman–Crippen LogP) is 6.02. The van der Waals surface area contributed by atoms with Crippen molar-refractivity contribution in [1.29, 1.82) is 0 Å². The van der Waals surface area contributed by atoms with E-state index in [2.05, 4.69) is 66.7 Å². The summed E-state index contributed by atoms with van der Waals surface area (Å²) in [6.07, 6.45) is 11.9. The number of hydrogen-bond donors (Lipinski definition) is 4. The van der Waals surface area contributed by atoms with Crippen molar-refractivity contribution in [2.75, 3.05) is 6.61 Å². The maximum absolute atomic E-state index is 10.5. The van der Waals surface area contributed by atoms with Crippen LogP contribution in [0.25, 0.3) is 0 Å². The van der Waals surface area contributed by atoms with Gasteiger partial charge in [-0.3, -0.25) is 0 Å². The zero-order valence-electron chi connectivity index (χ0n) is 27.3. The lowest BCUT2D eigenvalue weighted by Crippen LogP contribution is -2.60. The molecular formula is C36H60O6. The van der Waals surface area contributed by atoms with Crippen molar-refractivity contribution in [3.63, 3.8) is 0 Å². The van der Waals surface area contributed by atoms with Gasteiger partial charge < -0.3 is 29.9 Å². The molecule has 0 unspecified atom stereocenters. The molecule has 5 rings (SSSR count). The monoisotopic (exact) mass is 588 g/mol. The molecule has 0 bridgehead atoms. The van der Waals surface area contributed by atoms with E-state index < -0.39 is 37.3 Å². The maximum atomic E-state index is 10.5. The Hall–Kier alpha value is -0.760. The first kappa shape index (κ1) is 32.6. The van der Waals surface area contributed by atoms with Crippen molar-refractivity contribution in [3.8, 4) is 0 Å². The van der Waals surface area contributed by atoms with E-state index in [9.17, 15) is 20.4 Å². The van der Waals surface area contributed by atoms with Crippen LogP contribution in [0.15, 0.2) is 23.8 Å². The first-order chi connectivity index (χ1) is 19.7. The Balaban J connectivity index is 1.26. The van der Waals surface area contributed by atoms with Gasteiger partial charge in [-0.1, -0.05) is 72.3 Å².